The number of anilines is 3. The van der Waals surface area contributed by atoms with Gasteiger partial charge in [0.05, 0.1) is 22.8 Å². The Labute approximate surface area is 195 Å². The first kappa shape index (κ1) is 21.6. The summed E-state index contributed by atoms with van der Waals surface area (Å²) in [6.07, 6.45) is 1.90. The maximum atomic E-state index is 13.5. The van der Waals surface area contributed by atoms with Gasteiger partial charge in [-0.2, -0.15) is 4.98 Å². The van der Waals surface area contributed by atoms with E-state index in [0.717, 1.165) is 16.6 Å². The van der Waals surface area contributed by atoms with Crippen molar-refractivity contribution in [3.8, 4) is 0 Å². The zero-order valence-corrected chi connectivity index (χ0v) is 19.5. The van der Waals surface area contributed by atoms with Crippen molar-refractivity contribution in [2.45, 2.75) is 6.92 Å². The van der Waals surface area contributed by atoms with E-state index in [1.165, 1.54) is 4.40 Å². The van der Waals surface area contributed by atoms with E-state index in [4.69, 9.17) is 9.97 Å². The molecule has 34 heavy (non-hydrogen) atoms. The van der Waals surface area contributed by atoms with E-state index in [-0.39, 0.29) is 18.0 Å². The minimum atomic E-state index is -0.200. The zero-order valence-electron chi connectivity index (χ0n) is 19.5. The minimum absolute atomic E-state index is 0.111. The van der Waals surface area contributed by atoms with Gasteiger partial charge in [0.25, 0.3) is 5.56 Å². The highest BCUT2D eigenvalue weighted by molar-refractivity contribution is 5.95. The van der Waals surface area contributed by atoms with E-state index in [9.17, 15) is 9.59 Å². The third kappa shape index (κ3) is 3.75. The van der Waals surface area contributed by atoms with Gasteiger partial charge in [-0.15, -0.1) is 0 Å². The molecule has 5 aromatic rings. The molecular weight excluding hydrogens is 430 g/mol. The van der Waals surface area contributed by atoms with Crippen LogP contribution in [0, 0.1) is 6.92 Å². The summed E-state index contributed by atoms with van der Waals surface area (Å²) in [6.45, 7) is 2.23. The summed E-state index contributed by atoms with van der Waals surface area (Å²) >= 11 is 0. The maximum absolute atomic E-state index is 13.5. The van der Waals surface area contributed by atoms with Crippen molar-refractivity contribution in [3.05, 3.63) is 70.6 Å². The molecule has 0 aliphatic carbocycles. The van der Waals surface area contributed by atoms with Crippen molar-refractivity contribution >= 4 is 50.8 Å². The number of para-hydroxylation sites is 1. The van der Waals surface area contributed by atoms with E-state index in [0.29, 0.717) is 33.8 Å². The highest BCUT2D eigenvalue weighted by Gasteiger charge is 2.17. The Hall–Kier alpha value is -4.24. The summed E-state index contributed by atoms with van der Waals surface area (Å²) in [7, 11) is 5.59. The molecule has 0 saturated carbocycles. The molecule has 2 aromatic carbocycles. The Morgan fingerprint density at radius 2 is 1.82 bits per heavy atom. The van der Waals surface area contributed by atoms with Crippen molar-refractivity contribution in [2.75, 3.05) is 31.3 Å². The minimum Gasteiger partial charge on any atom is -0.335 e. The quantitative estimate of drug-likeness (QED) is 0.395. The fourth-order valence-corrected chi connectivity index (χ4v) is 4.02. The third-order valence-corrected chi connectivity index (χ3v) is 5.71. The monoisotopic (exact) mass is 455 g/mol. The average molecular weight is 456 g/mol. The van der Waals surface area contributed by atoms with Gasteiger partial charge < -0.3 is 20.1 Å². The van der Waals surface area contributed by atoms with Gasteiger partial charge in [0.1, 0.15) is 5.65 Å². The molecule has 3 aromatic heterocycles. The van der Waals surface area contributed by atoms with Crippen molar-refractivity contribution in [2.24, 2.45) is 7.05 Å². The lowest BCUT2D eigenvalue weighted by molar-refractivity contribution is -0.116. The molecule has 0 aliphatic heterocycles. The van der Waals surface area contributed by atoms with Crippen LogP contribution in [0.4, 0.5) is 17.3 Å². The molecule has 0 atom stereocenters. The summed E-state index contributed by atoms with van der Waals surface area (Å²) in [5.74, 6) is 0.243. The van der Waals surface area contributed by atoms with E-state index in [1.54, 1.807) is 11.0 Å². The van der Waals surface area contributed by atoms with Crippen LogP contribution in [0.5, 0.6) is 0 Å². The molecule has 0 saturated heterocycles. The van der Waals surface area contributed by atoms with Crippen LogP contribution in [0.15, 0.2) is 59.5 Å². The van der Waals surface area contributed by atoms with Crippen LogP contribution < -0.4 is 16.2 Å². The van der Waals surface area contributed by atoms with Gasteiger partial charge in [0.15, 0.2) is 5.65 Å². The van der Waals surface area contributed by atoms with Crippen LogP contribution in [0.3, 0.4) is 0 Å². The van der Waals surface area contributed by atoms with Crippen LogP contribution in [0.1, 0.15) is 5.56 Å². The summed E-state index contributed by atoms with van der Waals surface area (Å²) in [4.78, 5) is 37.1. The second-order valence-corrected chi connectivity index (χ2v) is 8.63. The van der Waals surface area contributed by atoms with Crippen molar-refractivity contribution in [3.63, 3.8) is 0 Å². The molecule has 2 N–H and O–H groups in total. The van der Waals surface area contributed by atoms with Crippen LogP contribution in [0.25, 0.3) is 27.6 Å². The Morgan fingerprint density at radius 1 is 1.03 bits per heavy atom. The third-order valence-electron chi connectivity index (χ3n) is 5.71. The van der Waals surface area contributed by atoms with Gasteiger partial charge in [-0.3, -0.25) is 9.59 Å². The van der Waals surface area contributed by atoms with E-state index >= 15 is 0 Å². The average Bonchev–Trinajstić information content (AvgIpc) is 3.16. The molecule has 1 amide bonds. The molecule has 0 bridgehead atoms. The normalized spacial score (nSPS) is 11.6. The number of likely N-dealkylation sites (N-methyl/N-ethyl adjacent to an activating group) is 1. The molecule has 0 spiro atoms. The molecule has 9 heteroatoms. The Bertz CT molecular complexity index is 1630. The SMILES string of the molecule is Cc1ccc(NC(=O)CN(C)C)cc1Nc1nc2c(ccn2C)c2nc3ccccc3c(=O)n12. The lowest BCUT2D eigenvalue weighted by Gasteiger charge is -2.15. The Morgan fingerprint density at radius 3 is 2.62 bits per heavy atom. The molecule has 172 valence electrons. The molecule has 0 unspecified atom stereocenters. The number of nitrogens with zero attached hydrogens (tertiary/aromatic N) is 5. The van der Waals surface area contributed by atoms with Crippen molar-refractivity contribution in [1.29, 1.82) is 0 Å². The molecule has 9 nitrogen and oxygen atoms in total. The van der Waals surface area contributed by atoms with Crippen molar-refractivity contribution in [1.82, 2.24) is 23.8 Å². The highest BCUT2D eigenvalue weighted by Crippen LogP contribution is 2.27. The van der Waals surface area contributed by atoms with Crippen LogP contribution >= 0.6 is 0 Å². The summed E-state index contributed by atoms with van der Waals surface area (Å²) in [6, 6.07) is 14.8. The van der Waals surface area contributed by atoms with Gasteiger partial charge in [-0.1, -0.05) is 18.2 Å². The first-order valence-corrected chi connectivity index (χ1v) is 10.9. The van der Waals surface area contributed by atoms with Crippen LogP contribution in [-0.2, 0) is 11.8 Å². The van der Waals surface area contributed by atoms with E-state index in [2.05, 4.69) is 10.6 Å². The molecule has 3 heterocycles. The first-order chi connectivity index (χ1) is 16.3. The predicted octanol–water partition coefficient (Wildman–Crippen LogP) is 3.29. The predicted molar refractivity (Wildman–Crippen MR) is 135 cm³/mol. The number of nitrogens with one attached hydrogen (secondary N) is 2. The second-order valence-electron chi connectivity index (χ2n) is 8.63. The molecular formula is C25H25N7O2. The fourth-order valence-electron chi connectivity index (χ4n) is 4.02. The number of aromatic nitrogens is 4. The van der Waals surface area contributed by atoms with Gasteiger partial charge >= 0.3 is 0 Å². The van der Waals surface area contributed by atoms with Gasteiger partial charge in [-0.25, -0.2) is 9.38 Å². The second kappa shape index (κ2) is 8.27. The largest absolute Gasteiger partial charge is 0.335 e. The van der Waals surface area contributed by atoms with E-state index < -0.39 is 0 Å². The molecule has 0 aliphatic rings. The smallest absolute Gasteiger partial charge is 0.268 e. The summed E-state index contributed by atoms with van der Waals surface area (Å²) in [5.41, 5.74) is 3.99. The molecule has 0 fully saturated rings. The Balaban J connectivity index is 1.67. The van der Waals surface area contributed by atoms with Gasteiger partial charge in [-0.05, 0) is 56.9 Å². The van der Waals surface area contributed by atoms with Crippen LogP contribution in [0.2, 0.25) is 0 Å². The standard InChI is InChI=1S/C25H25N7O2/c1-15-9-10-16(26-21(33)14-30(2)3)13-20(15)28-25-29-22-18(11-12-31(22)4)23-27-19-8-6-5-7-17(19)24(34)32(23)25/h5-13H,14H2,1-4H3,(H,26,33)(H,28,29). The number of carbonyl (C=O) groups is 1. The van der Waals surface area contributed by atoms with Gasteiger partial charge in [0.2, 0.25) is 11.9 Å². The van der Waals surface area contributed by atoms with Crippen molar-refractivity contribution < 1.29 is 4.79 Å². The fraction of sp³-hybridized carbons (Fsp3) is 0.200. The van der Waals surface area contributed by atoms with Gasteiger partial charge in [0, 0.05) is 24.6 Å². The maximum Gasteiger partial charge on any atom is 0.268 e. The number of carbonyl (C=O) groups excluding carboxylic acids is 1. The number of fused-ring (bicyclic) bond motifs is 4. The number of hydrogen-bond acceptors (Lipinski definition) is 6. The number of hydrogen-bond donors (Lipinski definition) is 2. The molecule has 5 rings (SSSR count). The summed E-state index contributed by atoms with van der Waals surface area (Å²) in [5, 5.41) is 7.53. The topological polar surface area (TPSA) is 96.6 Å². The van der Waals surface area contributed by atoms with Crippen LogP contribution in [-0.4, -0.2) is 50.4 Å². The first-order valence-electron chi connectivity index (χ1n) is 10.9. The number of amides is 1. The molecule has 0 radical (unpaired) electrons. The number of aryl methyl sites for hydroxylation is 2. The van der Waals surface area contributed by atoms with E-state index in [1.807, 2.05) is 81.3 Å². The number of rotatable bonds is 5. The Kier molecular flexibility index (Phi) is 5.25. The summed E-state index contributed by atoms with van der Waals surface area (Å²) < 4.78 is 3.41. The lowest BCUT2D eigenvalue weighted by Crippen LogP contribution is -2.27. The zero-order chi connectivity index (χ0) is 24.0. The lowest BCUT2D eigenvalue weighted by atomic mass is 10.1. The highest BCUT2D eigenvalue weighted by atomic mass is 16.2. The number of benzene rings is 2.